The molecule has 1 aliphatic carbocycles. The predicted molar refractivity (Wildman–Crippen MR) is 89.7 cm³/mol. The number of thiophene rings is 1. The second-order valence-corrected chi connectivity index (χ2v) is 8.31. The molecule has 1 aromatic heterocycles. The van der Waals surface area contributed by atoms with Gasteiger partial charge < -0.3 is 5.11 Å². The van der Waals surface area contributed by atoms with Crippen molar-refractivity contribution in [1.82, 2.24) is 0 Å². The van der Waals surface area contributed by atoms with Crippen LogP contribution in [0.1, 0.15) is 46.8 Å². The lowest BCUT2D eigenvalue weighted by molar-refractivity contribution is 0.0703. The number of hydrogen-bond donors (Lipinski definition) is 2. The third kappa shape index (κ3) is 3.29. The fourth-order valence-corrected chi connectivity index (χ4v) is 4.89. The summed E-state index contributed by atoms with van der Waals surface area (Å²) in [5.74, 6) is -1.78. The Kier molecular flexibility index (Phi) is 4.60. The van der Waals surface area contributed by atoms with Gasteiger partial charge in [-0.25, -0.2) is 17.6 Å². The molecule has 3 rings (SSSR count). The topological polar surface area (TPSA) is 83.5 Å². The minimum atomic E-state index is -4.19. The lowest BCUT2D eigenvalue weighted by Gasteiger charge is -2.12. The van der Waals surface area contributed by atoms with Crippen LogP contribution >= 0.6 is 11.3 Å². The summed E-state index contributed by atoms with van der Waals surface area (Å²) >= 11 is 0.897. The maximum atomic E-state index is 14.4. The second-order valence-electron chi connectivity index (χ2n) is 5.75. The lowest BCUT2D eigenvalue weighted by atomic mass is 9.98. The van der Waals surface area contributed by atoms with Crippen molar-refractivity contribution < 1.29 is 22.7 Å². The molecule has 0 bridgehead atoms. The number of hydrogen-bond acceptors (Lipinski definition) is 4. The summed E-state index contributed by atoms with van der Waals surface area (Å²) < 4.78 is 41.3. The molecule has 2 aromatic rings. The van der Waals surface area contributed by atoms with Gasteiger partial charge in [0.15, 0.2) is 0 Å². The molecular formula is C16H16FNO4S2. The van der Waals surface area contributed by atoms with Gasteiger partial charge in [0.25, 0.3) is 10.0 Å². The minimum Gasteiger partial charge on any atom is -0.477 e. The van der Waals surface area contributed by atoms with Crippen LogP contribution in [0.5, 0.6) is 0 Å². The van der Waals surface area contributed by atoms with Crippen LogP contribution in [0.2, 0.25) is 0 Å². The highest BCUT2D eigenvalue weighted by molar-refractivity contribution is 7.92. The molecule has 0 amide bonds. The molecule has 1 fully saturated rings. The van der Waals surface area contributed by atoms with Crippen LogP contribution in [0, 0.1) is 5.82 Å². The average molecular weight is 369 g/mol. The van der Waals surface area contributed by atoms with Gasteiger partial charge in [-0.3, -0.25) is 4.72 Å². The van der Waals surface area contributed by atoms with Gasteiger partial charge in [0.2, 0.25) is 0 Å². The molecule has 0 spiro atoms. The molecule has 0 aliphatic heterocycles. The fourth-order valence-electron chi connectivity index (χ4n) is 3.00. The summed E-state index contributed by atoms with van der Waals surface area (Å²) in [6, 6.07) is 5.50. The molecule has 0 saturated heterocycles. The van der Waals surface area contributed by atoms with E-state index in [1.807, 2.05) is 0 Å². The Morgan fingerprint density at radius 1 is 1.25 bits per heavy atom. The quantitative estimate of drug-likeness (QED) is 0.833. The van der Waals surface area contributed by atoms with Gasteiger partial charge in [0.05, 0.1) is 5.69 Å². The van der Waals surface area contributed by atoms with Crippen molar-refractivity contribution in [1.29, 1.82) is 0 Å². The van der Waals surface area contributed by atoms with Crippen LogP contribution in [-0.2, 0) is 10.0 Å². The Morgan fingerprint density at radius 3 is 2.58 bits per heavy atom. The summed E-state index contributed by atoms with van der Waals surface area (Å²) in [5.41, 5.74) is 0.748. The first-order valence-electron chi connectivity index (χ1n) is 7.51. The molecule has 5 nitrogen and oxygen atoms in total. The van der Waals surface area contributed by atoms with Gasteiger partial charge in [-0.15, -0.1) is 11.3 Å². The summed E-state index contributed by atoms with van der Waals surface area (Å²) in [6.07, 6.45) is 4.18. The van der Waals surface area contributed by atoms with E-state index in [-0.39, 0.29) is 16.5 Å². The summed E-state index contributed by atoms with van der Waals surface area (Å²) in [4.78, 5) is 10.4. The highest BCUT2D eigenvalue weighted by atomic mass is 32.2. The first-order chi connectivity index (χ1) is 11.4. The molecule has 0 atom stereocenters. The highest BCUT2D eigenvalue weighted by Crippen LogP contribution is 2.35. The van der Waals surface area contributed by atoms with Gasteiger partial charge in [0, 0.05) is 0 Å². The molecule has 1 heterocycles. The Balaban J connectivity index is 1.89. The van der Waals surface area contributed by atoms with Crippen molar-refractivity contribution in [3.8, 4) is 0 Å². The van der Waals surface area contributed by atoms with Crippen molar-refractivity contribution >= 4 is 33.0 Å². The molecular weight excluding hydrogens is 353 g/mol. The Labute approximate surface area is 143 Å². The second kappa shape index (κ2) is 6.52. The fraction of sp³-hybridized carbons (Fsp3) is 0.312. The van der Waals surface area contributed by atoms with Crippen LogP contribution in [0.15, 0.2) is 34.5 Å². The predicted octanol–water partition coefficient (Wildman–Crippen LogP) is 4.04. The van der Waals surface area contributed by atoms with E-state index in [4.69, 9.17) is 5.11 Å². The van der Waals surface area contributed by atoms with E-state index in [0.717, 1.165) is 42.6 Å². The Bertz CT molecular complexity index is 870. The molecule has 128 valence electrons. The Hall–Kier alpha value is -1.93. The van der Waals surface area contributed by atoms with E-state index in [1.165, 1.54) is 23.6 Å². The summed E-state index contributed by atoms with van der Waals surface area (Å²) in [6.45, 7) is 0. The zero-order valence-electron chi connectivity index (χ0n) is 12.7. The smallest absolute Gasteiger partial charge is 0.348 e. The van der Waals surface area contributed by atoms with E-state index in [0.29, 0.717) is 0 Å². The SMILES string of the molecule is O=C(O)c1sccc1NS(=O)(=O)c1ccc(C2CCCC2)cc1F. The van der Waals surface area contributed by atoms with Crippen LogP contribution in [0.25, 0.3) is 0 Å². The molecule has 24 heavy (non-hydrogen) atoms. The molecule has 0 radical (unpaired) electrons. The molecule has 1 aliphatic rings. The molecule has 8 heteroatoms. The van der Waals surface area contributed by atoms with Gasteiger partial charge >= 0.3 is 5.97 Å². The number of carboxylic acid groups (broad SMARTS) is 1. The van der Waals surface area contributed by atoms with Crippen molar-refractivity contribution in [3.05, 3.63) is 45.9 Å². The largest absolute Gasteiger partial charge is 0.477 e. The van der Waals surface area contributed by atoms with Gasteiger partial charge in [0.1, 0.15) is 15.6 Å². The average Bonchev–Trinajstić information content (AvgIpc) is 3.17. The van der Waals surface area contributed by atoms with E-state index in [1.54, 1.807) is 6.07 Å². The minimum absolute atomic E-state index is 0.0632. The molecule has 0 unspecified atom stereocenters. The highest BCUT2D eigenvalue weighted by Gasteiger charge is 2.24. The first-order valence-corrected chi connectivity index (χ1v) is 9.88. The first kappa shape index (κ1) is 16.9. The summed E-state index contributed by atoms with van der Waals surface area (Å²) in [5, 5.41) is 10.5. The van der Waals surface area contributed by atoms with Crippen LogP contribution in [0.4, 0.5) is 10.1 Å². The number of halogens is 1. The van der Waals surface area contributed by atoms with Crippen LogP contribution in [-0.4, -0.2) is 19.5 Å². The number of nitrogens with one attached hydrogen (secondary N) is 1. The third-order valence-corrected chi connectivity index (χ3v) is 6.48. The number of anilines is 1. The lowest BCUT2D eigenvalue weighted by Crippen LogP contribution is -2.16. The van der Waals surface area contributed by atoms with E-state index >= 15 is 0 Å². The molecule has 1 saturated carbocycles. The van der Waals surface area contributed by atoms with Crippen molar-refractivity contribution in [2.45, 2.75) is 36.5 Å². The van der Waals surface area contributed by atoms with E-state index in [2.05, 4.69) is 4.72 Å². The number of rotatable bonds is 5. The van der Waals surface area contributed by atoms with Crippen molar-refractivity contribution in [2.24, 2.45) is 0 Å². The van der Waals surface area contributed by atoms with Crippen molar-refractivity contribution in [2.75, 3.05) is 4.72 Å². The standard InChI is InChI=1S/C16H16FNO4S2/c17-12-9-11(10-3-1-2-4-10)5-6-14(12)24(21,22)18-13-7-8-23-15(13)16(19)20/h5-10,18H,1-4H2,(H,19,20). The van der Waals surface area contributed by atoms with E-state index < -0.39 is 26.7 Å². The van der Waals surface area contributed by atoms with Crippen LogP contribution in [0.3, 0.4) is 0 Å². The van der Waals surface area contributed by atoms with Gasteiger partial charge in [-0.05, 0) is 47.9 Å². The molecule has 2 N–H and O–H groups in total. The van der Waals surface area contributed by atoms with Crippen molar-refractivity contribution in [3.63, 3.8) is 0 Å². The normalized spacial score (nSPS) is 15.5. The van der Waals surface area contributed by atoms with Gasteiger partial charge in [-0.2, -0.15) is 0 Å². The zero-order valence-corrected chi connectivity index (χ0v) is 14.3. The number of benzene rings is 1. The number of sulfonamides is 1. The molecule has 1 aromatic carbocycles. The van der Waals surface area contributed by atoms with Gasteiger partial charge in [-0.1, -0.05) is 18.9 Å². The van der Waals surface area contributed by atoms with E-state index in [9.17, 15) is 17.6 Å². The number of aromatic carboxylic acids is 1. The van der Waals surface area contributed by atoms with Crippen LogP contribution < -0.4 is 4.72 Å². The monoisotopic (exact) mass is 369 g/mol. The number of carboxylic acids is 1. The maximum Gasteiger partial charge on any atom is 0.348 e. The zero-order chi connectivity index (χ0) is 17.3. The number of carbonyl (C=O) groups is 1. The third-order valence-electron chi connectivity index (χ3n) is 4.18. The maximum absolute atomic E-state index is 14.4. The summed E-state index contributed by atoms with van der Waals surface area (Å²) in [7, 11) is -4.19. The Morgan fingerprint density at radius 2 is 1.96 bits per heavy atom.